The maximum Gasteiger partial charge on any atom is 0.471 e. The van der Waals surface area contributed by atoms with Crippen LogP contribution in [0.15, 0.2) is 41.8 Å². The molecule has 3 rings (SSSR count). The monoisotopic (exact) mass is 467 g/mol. The largest absolute Gasteiger partial charge is 0.471 e. The van der Waals surface area contributed by atoms with Crippen LogP contribution >= 0.6 is 11.3 Å². The van der Waals surface area contributed by atoms with Crippen LogP contribution < -0.4 is 15.5 Å². The molecule has 0 bridgehead atoms. The number of nitrogens with zero attached hydrogens (tertiary/aromatic N) is 1. The Labute approximate surface area is 187 Å². The smallest absolute Gasteiger partial charge is 0.351 e. The first kappa shape index (κ1) is 23.8. The molecule has 172 valence electrons. The van der Waals surface area contributed by atoms with Gasteiger partial charge in [-0.25, -0.2) is 0 Å². The number of alkyl halides is 3. The molecule has 1 aromatic carbocycles. The van der Waals surface area contributed by atoms with Gasteiger partial charge in [0.25, 0.3) is 0 Å². The maximum absolute atomic E-state index is 13.6. The lowest BCUT2D eigenvalue weighted by Gasteiger charge is -2.33. The zero-order valence-corrected chi connectivity index (χ0v) is 18.3. The lowest BCUT2D eigenvalue weighted by Crippen LogP contribution is -2.50. The number of hydrogen-bond acceptors (Lipinski definition) is 4. The molecule has 2 N–H and O–H groups in total. The van der Waals surface area contributed by atoms with E-state index in [1.165, 1.54) is 37.3 Å². The zero-order valence-electron chi connectivity index (χ0n) is 17.4. The number of halogens is 3. The molecule has 1 aliphatic rings. The number of amides is 3. The minimum atomic E-state index is -5.18. The second-order valence-electron chi connectivity index (χ2n) is 7.66. The molecule has 0 spiro atoms. The molecule has 3 amide bonds. The van der Waals surface area contributed by atoms with E-state index in [0.29, 0.717) is 15.5 Å². The molecule has 0 saturated heterocycles. The molecular formula is C22H24F3N3O3S. The molecule has 2 aromatic rings. The van der Waals surface area contributed by atoms with E-state index in [0.717, 1.165) is 43.4 Å². The van der Waals surface area contributed by atoms with Crippen LogP contribution in [0.2, 0.25) is 0 Å². The number of hydrogen-bond donors (Lipinski definition) is 2. The van der Waals surface area contributed by atoms with E-state index < -0.39 is 24.0 Å². The summed E-state index contributed by atoms with van der Waals surface area (Å²) in [6.45, 7) is 1.30. The highest BCUT2D eigenvalue weighted by molar-refractivity contribution is 7.10. The van der Waals surface area contributed by atoms with Crippen molar-refractivity contribution < 1.29 is 27.6 Å². The number of rotatable bonds is 6. The number of carbonyl (C=O) groups is 3. The summed E-state index contributed by atoms with van der Waals surface area (Å²) in [5.74, 6) is -3.13. The van der Waals surface area contributed by atoms with Crippen LogP contribution in [-0.4, -0.2) is 29.9 Å². The van der Waals surface area contributed by atoms with E-state index >= 15 is 0 Å². The van der Waals surface area contributed by atoms with Gasteiger partial charge in [-0.2, -0.15) is 13.2 Å². The predicted molar refractivity (Wildman–Crippen MR) is 116 cm³/mol. The van der Waals surface area contributed by atoms with E-state index in [1.807, 2.05) is 0 Å². The summed E-state index contributed by atoms with van der Waals surface area (Å²) < 4.78 is 40.8. The number of thiophene rings is 1. The van der Waals surface area contributed by atoms with Crippen molar-refractivity contribution in [1.82, 2.24) is 5.32 Å². The van der Waals surface area contributed by atoms with Crippen LogP contribution in [0.25, 0.3) is 0 Å². The van der Waals surface area contributed by atoms with Crippen molar-refractivity contribution in [3.05, 3.63) is 46.7 Å². The lowest BCUT2D eigenvalue weighted by atomic mass is 9.95. The van der Waals surface area contributed by atoms with Gasteiger partial charge in [0.15, 0.2) is 6.04 Å². The molecule has 1 heterocycles. The van der Waals surface area contributed by atoms with E-state index in [-0.39, 0.29) is 17.6 Å². The van der Waals surface area contributed by atoms with Crippen LogP contribution in [0.5, 0.6) is 0 Å². The van der Waals surface area contributed by atoms with E-state index in [9.17, 15) is 27.6 Å². The first-order chi connectivity index (χ1) is 15.2. The Kier molecular flexibility index (Phi) is 7.55. The molecule has 10 heteroatoms. The van der Waals surface area contributed by atoms with Crippen molar-refractivity contribution in [2.24, 2.45) is 0 Å². The van der Waals surface area contributed by atoms with E-state index in [2.05, 4.69) is 10.6 Å². The van der Waals surface area contributed by atoms with Gasteiger partial charge in [-0.05, 0) is 48.6 Å². The third kappa shape index (κ3) is 5.87. The van der Waals surface area contributed by atoms with Crippen molar-refractivity contribution >= 4 is 40.4 Å². The maximum atomic E-state index is 13.6. The molecule has 6 nitrogen and oxygen atoms in total. The van der Waals surface area contributed by atoms with Gasteiger partial charge in [-0.1, -0.05) is 25.3 Å². The third-order valence-corrected chi connectivity index (χ3v) is 6.12. The summed E-state index contributed by atoms with van der Waals surface area (Å²) in [4.78, 5) is 37.8. The molecule has 1 aliphatic carbocycles. The number of benzene rings is 1. The first-order valence-corrected chi connectivity index (χ1v) is 11.2. The minimum absolute atomic E-state index is 0.0985. The number of anilines is 2. The summed E-state index contributed by atoms with van der Waals surface area (Å²) in [6.07, 6.45) is -0.755. The summed E-state index contributed by atoms with van der Waals surface area (Å²) in [6, 6.07) is 6.89. The van der Waals surface area contributed by atoms with Crippen molar-refractivity contribution in [1.29, 1.82) is 0 Å². The predicted octanol–water partition coefficient (Wildman–Crippen LogP) is 4.79. The highest BCUT2D eigenvalue weighted by Gasteiger charge is 2.47. The normalized spacial score (nSPS) is 15.6. The molecule has 1 aromatic heterocycles. The number of nitrogens with one attached hydrogen (secondary N) is 2. The van der Waals surface area contributed by atoms with Gasteiger partial charge >= 0.3 is 12.1 Å². The molecule has 0 radical (unpaired) electrons. The Morgan fingerprint density at radius 1 is 1.06 bits per heavy atom. The van der Waals surface area contributed by atoms with Crippen molar-refractivity contribution in [3.8, 4) is 0 Å². The Morgan fingerprint density at radius 3 is 2.25 bits per heavy atom. The van der Waals surface area contributed by atoms with Gasteiger partial charge in [-0.3, -0.25) is 19.3 Å². The summed E-state index contributed by atoms with van der Waals surface area (Å²) in [7, 11) is 0. The standard InChI is InChI=1S/C22H24F3N3O3S/c1-14(29)26-16-9-11-17(12-10-16)28(21(31)22(23,24)25)19(18-8-5-13-32-18)20(30)27-15-6-3-2-4-7-15/h5,8-13,15,19H,2-4,6-7H2,1H3,(H,26,29)(H,27,30). The fourth-order valence-corrected chi connectivity index (χ4v) is 4.59. The minimum Gasteiger partial charge on any atom is -0.351 e. The van der Waals surface area contributed by atoms with Gasteiger partial charge in [-0.15, -0.1) is 11.3 Å². The van der Waals surface area contributed by atoms with Crippen LogP contribution in [0.1, 0.15) is 49.9 Å². The average Bonchev–Trinajstić information content (AvgIpc) is 3.26. The van der Waals surface area contributed by atoms with Gasteiger partial charge in [0.05, 0.1) is 0 Å². The van der Waals surface area contributed by atoms with E-state index in [1.54, 1.807) is 11.4 Å². The van der Waals surface area contributed by atoms with Crippen molar-refractivity contribution in [2.45, 2.75) is 57.3 Å². The second-order valence-corrected chi connectivity index (χ2v) is 8.64. The number of carbonyl (C=O) groups excluding carboxylic acids is 3. The van der Waals surface area contributed by atoms with Crippen LogP contribution in [-0.2, 0) is 14.4 Å². The SMILES string of the molecule is CC(=O)Nc1ccc(N(C(=O)C(F)(F)F)C(C(=O)NC2CCCCC2)c2cccs2)cc1. The first-order valence-electron chi connectivity index (χ1n) is 10.3. The average molecular weight is 468 g/mol. The van der Waals surface area contributed by atoms with Crippen LogP contribution in [0.4, 0.5) is 24.5 Å². The lowest BCUT2D eigenvalue weighted by molar-refractivity contribution is -0.171. The van der Waals surface area contributed by atoms with Gasteiger partial charge in [0.2, 0.25) is 11.8 Å². The zero-order chi connectivity index (χ0) is 23.3. The topological polar surface area (TPSA) is 78.5 Å². The molecule has 32 heavy (non-hydrogen) atoms. The van der Waals surface area contributed by atoms with Crippen molar-refractivity contribution in [3.63, 3.8) is 0 Å². The Bertz CT molecular complexity index is 940. The van der Waals surface area contributed by atoms with Gasteiger partial charge < -0.3 is 10.6 Å². The highest BCUT2D eigenvalue weighted by Crippen LogP contribution is 2.35. The van der Waals surface area contributed by atoms with Gasteiger partial charge in [0, 0.05) is 29.2 Å². The van der Waals surface area contributed by atoms with Gasteiger partial charge in [0.1, 0.15) is 0 Å². The Balaban J connectivity index is 2.00. The summed E-state index contributed by atoms with van der Waals surface area (Å²) in [5.41, 5.74) is 0.263. The molecular weight excluding hydrogens is 443 g/mol. The van der Waals surface area contributed by atoms with Crippen molar-refractivity contribution in [2.75, 3.05) is 10.2 Å². The second kappa shape index (κ2) is 10.2. The molecule has 1 unspecified atom stereocenters. The Morgan fingerprint density at radius 2 is 1.72 bits per heavy atom. The third-order valence-electron chi connectivity index (χ3n) is 5.20. The van der Waals surface area contributed by atoms with E-state index in [4.69, 9.17) is 0 Å². The summed E-state index contributed by atoms with van der Waals surface area (Å²) in [5, 5.41) is 7.02. The van der Waals surface area contributed by atoms with Crippen LogP contribution in [0.3, 0.4) is 0 Å². The highest BCUT2D eigenvalue weighted by atomic mass is 32.1. The quantitative estimate of drug-likeness (QED) is 0.641. The Hall–Kier alpha value is -2.88. The molecule has 1 atom stereocenters. The molecule has 0 aliphatic heterocycles. The molecule has 1 saturated carbocycles. The summed E-state index contributed by atoms with van der Waals surface area (Å²) >= 11 is 1.10. The van der Waals surface area contributed by atoms with Crippen LogP contribution in [0, 0.1) is 0 Å². The fraction of sp³-hybridized carbons (Fsp3) is 0.409. The molecule has 1 fully saturated rings. The fourth-order valence-electron chi connectivity index (χ4n) is 3.78.